The van der Waals surface area contributed by atoms with Crippen LogP contribution in [0.25, 0.3) is 10.8 Å². The van der Waals surface area contributed by atoms with Crippen LogP contribution in [0, 0.1) is 0 Å². The van der Waals surface area contributed by atoms with Crippen molar-refractivity contribution in [2.75, 3.05) is 18.8 Å². The van der Waals surface area contributed by atoms with E-state index in [4.69, 9.17) is 16.0 Å². The van der Waals surface area contributed by atoms with Crippen LogP contribution in [0.5, 0.6) is 0 Å². The third-order valence-electron chi connectivity index (χ3n) is 3.73. The van der Waals surface area contributed by atoms with Gasteiger partial charge in [-0.15, -0.1) is 16.4 Å². The van der Waals surface area contributed by atoms with Gasteiger partial charge in [0.15, 0.2) is 0 Å². The fourth-order valence-corrected chi connectivity index (χ4v) is 4.47. The summed E-state index contributed by atoms with van der Waals surface area (Å²) < 4.78 is 30.5. The van der Waals surface area contributed by atoms with Crippen LogP contribution < -0.4 is 0 Å². The Kier molecular flexibility index (Phi) is 5.21. The molecular weight excluding hydrogens is 374 g/mol. The fourth-order valence-electron chi connectivity index (χ4n) is 2.50. The van der Waals surface area contributed by atoms with Gasteiger partial charge in [-0.3, -0.25) is 4.79 Å². The van der Waals surface area contributed by atoms with Gasteiger partial charge in [0.1, 0.15) is 5.75 Å². The number of rotatable bonds is 4. The molecule has 1 aliphatic rings. The molecule has 3 heterocycles. The summed E-state index contributed by atoms with van der Waals surface area (Å²) in [5, 5.41) is 6.77. The Bertz CT molecular complexity index is 823. The molecule has 3 rings (SSSR count). The second-order valence-electron chi connectivity index (χ2n) is 5.53. The third-order valence-corrected chi connectivity index (χ3v) is 6.27. The Morgan fingerprint density at radius 3 is 2.54 bits per heavy atom. The lowest BCUT2D eigenvalue weighted by atomic mass is 10.2. The van der Waals surface area contributed by atoms with Gasteiger partial charge in [-0.05, 0) is 25.0 Å². The van der Waals surface area contributed by atoms with E-state index in [2.05, 4.69) is 10.2 Å². The number of hydrogen-bond acceptors (Lipinski definition) is 7. The molecule has 0 atom stereocenters. The fraction of sp³-hybridized carbons (Fsp3) is 0.500. The van der Waals surface area contributed by atoms with E-state index in [1.807, 2.05) is 0 Å². The molecule has 0 N–H and O–H groups in total. The normalized spacial score (nSPS) is 16.1. The predicted molar refractivity (Wildman–Crippen MR) is 89.7 cm³/mol. The van der Waals surface area contributed by atoms with Crippen molar-refractivity contribution < 1.29 is 17.6 Å². The van der Waals surface area contributed by atoms with Crippen LogP contribution >= 0.6 is 22.9 Å². The van der Waals surface area contributed by atoms with Gasteiger partial charge in [0.25, 0.3) is 5.89 Å². The zero-order chi connectivity index (χ0) is 17.2. The molecule has 2 aromatic heterocycles. The number of hydrogen-bond donors (Lipinski definition) is 0. The van der Waals surface area contributed by atoms with Crippen molar-refractivity contribution >= 4 is 38.7 Å². The summed E-state index contributed by atoms with van der Waals surface area (Å²) in [4.78, 5) is 14.4. The van der Waals surface area contributed by atoms with Crippen molar-refractivity contribution in [2.45, 2.75) is 30.9 Å². The highest BCUT2D eigenvalue weighted by molar-refractivity contribution is 7.91. The Morgan fingerprint density at radius 1 is 1.21 bits per heavy atom. The summed E-state index contributed by atoms with van der Waals surface area (Å²) in [7, 11) is -3.96. The second kappa shape index (κ2) is 7.20. The van der Waals surface area contributed by atoms with Crippen molar-refractivity contribution in [1.82, 2.24) is 15.1 Å². The van der Waals surface area contributed by atoms with Crippen molar-refractivity contribution in [1.29, 1.82) is 0 Å². The quantitative estimate of drug-likeness (QED) is 0.797. The minimum atomic E-state index is -3.96. The van der Waals surface area contributed by atoms with Crippen LogP contribution in [-0.4, -0.2) is 48.3 Å². The first-order chi connectivity index (χ1) is 11.5. The van der Waals surface area contributed by atoms with Crippen LogP contribution in [0.15, 0.2) is 21.8 Å². The van der Waals surface area contributed by atoms with Gasteiger partial charge >= 0.3 is 5.22 Å². The number of thiophene rings is 1. The van der Waals surface area contributed by atoms with Gasteiger partial charge in [0, 0.05) is 13.1 Å². The molecule has 0 aliphatic carbocycles. The lowest BCUT2D eigenvalue weighted by Crippen LogP contribution is -2.36. The monoisotopic (exact) mass is 389 g/mol. The van der Waals surface area contributed by atoms with Crippen LogP contribution in [0.3, 0.4) is 0 Å². The smallest absolute Gasteiger partial charge is 0.336 e. The number of nitrogens with zero attached hydrogens (tertiary/aromatic N) is 3. The maximum absolute atomic E-state index is 12.4. The average molecular weight is 390 g/mol. The topological polar surface area (TPSA) is 93.4 Å². The summed E-state index contributed by atoms with van der Waals surface area (Å²) in [5.74, 6) is -0.997. The number of carbonyl (C=O) groups excluding carboxylic acids is 1. The highest BCUT2D eigenvalue weighted by atomic mass is 35.5. The van der Waals surface area contributed by atoms with Gasteiger partial charge in [-0.1, -0.05) is 29.5 Å². The van der Waals surface area contributed by atoms with Gasteiger partial charge in [-0.25, -0.2) is 8.42 Å². The van der Waals surface area contributed by atoms with E-state index in [1.54, 1.807) is 17.0 Å². The third kappa shape index (κ3) is 3.96. The zero-order valence-electron chi connectivity index (χ0n) is 12.8. The molecule has 0 aromatic carbocycles. The van der Waals surface area contributed by atoms with E-state index in [1.165, 1.54) is 11.3 Å². The number of halogens is 1. The summed E-state index contributed by atoms with van der Waals surface area (Å²) in [6.45, 7) is 1.19. The Balaban J connectivity index is 1.73. The molecule has 1 saturated heterocycles. The summed E-state index contributed by atoms with van der Waals surface area (Å²) in [5.41, 5.74) is 0. The number of amides is 1. The first-order valence-electron chi connectivity index (χ1n) is 7.55. The standard InChI is InChI=1S/C14H16ClN3O4S2/c15-11-6-5-10(23-11)13-16-17-14(22-13)24(20,21)9-12(19)18-7-3-1-2-4-8-18/h5-6H,1-4,7-9H2. The van der Waals surface area contributed by atoms with Crippen molar-refractivity contribution in [3.8, 4) is 10.8 Å². The molecule has 0 saturated carbocycles. The molecule has 1 aliphatic heterocycles. The molecular formula is C14H16ClN3O4S2. The van der Waals surface area contributed by atoms with E-state index >= 15 is 0 Å². The Morgan fingerprint density at radius 2 is 1.92 bits per heavy atom. The molecule has 1 amide bonds. The van der Waals surface area contributed by atoms with Crippen LogP contribution in [0.2, 0.25) is 4.34 Å². The van der Waals surface area contributed by atoms with E-state index in [0.29, 0.717) is 22.3 Å². The van der Waals surface area contributed by atoms with E-state index in [-0.39, 0.29) is 5.89 Å². The molecule has 1 fully saturated rings. The largest absolute Gasteiger partial charge is 0.407 e. The minimum Gasteiger partial charge on any atom is -0.407 e. The highest BCUT2D eigenvalue weighted by Gasteiger charge is 2.29. The van der Waals surface area contributed by atoms with Gasteiger partial charge in [0.05, 0.1) is 9.21 Å². The molecule has 130 valence electrons. The molecule has 0 radical (unpaired) electrons. The number of aromatic nitrogens is 2. The van der Waals surface area contributed by atoms with Gasteiger partial charge < -0.3 is 9.32 Å². The number of carbonyl (C=O) groups is 1. The van der Waals surface area contributed by atoms with E-state index in [9.17, 15) is 13.2 Å². The van der Waals surface area contributed by atoms with Crippen LogP contribution in [0.1, 0.15) is 25.7 Å². The molecule has 7 nitrogen and oxygen atoms in total. The summed E-state index contributed by atoms with van der Waals surface area (Å²) >= 11 is 7.04. The summed E-state index contributed by atoms with van der Waals surface area (Å²) in [6, 6.07) is 3.32. The summed E-state index contributed by atoms with van der Waals surface area (Å²) in [6.07, 6.45) is 3.92. The van der Waals surface area contributed by atoms with Crippen molar-refractivity contribution in [2.24, 2.45) is 0 Å². The number of sulfone groups is 1. The van der Waals surface area contributed by atoms with E-state index in [0.717, 1.165) is 25.7 Å². The first-order valence-corrected chi connectivity index (χ1v) is 10.4. The SMILES string of the molecule is O=C(CS(=O)(=O)c1nnc(-c2ccc(Cl)s2)o1)N1CCCCCC1. The molecule has 0 spiro atoms. The predicted octanol–water partition coefficient (Wildman–Crippen LogP) is 2.63. The van der Waals surface area contributed by atoms with E-state index < -0.39 is 26.7 Å². The molecule has 10 heteroatoms. The van der Waals surface area contributed by atoms with Crippen LogP contribution in [0.4, 0.5) is 0 Å². The Labute approximate surface area is 148 Å². The number of likely N-dealkylation sites (tertiary alicyclic amines) is 1. The maximum atomic E-state index is 12.4. The van der Waals surface area contributed by atoms with Gasteiger partial charge in [0.2, 0.25) is 15.7 Å². The lowest BCUT2D eigenvalue weighted by Gasteiger charge is -2.19. The molecule has 2 aromatic rings. The second-order valence-corrected chi connectivity index (χ2v) is 9.11. The minimum absolute atomic E-state index is 0.0766. The zero-order valence-corrected chi connectivity index (χ0v) is 15.2. The van der Waals surface area contributed by atoms with Gasteiger partial charge in [-0.2, -0.15) is 0 Å². The molecule has 24 heavy (non-hydrogen) atoms. The maximum Gasteiger partial charge on any atom is 0.336 e. The highest BCUT2D eigenvalue weighted by Crippen LogP contribution is 2.30. The molecule has 0 bridgehead atoms. The first kappa shape index (κ1) is 17.4. The van der Waals surface area contributed by atoms with Crippen molar-refractivity contribution in [3.63, 3.8) is 0 Å². The average Bonchev–Trinajstić information content (AvgIpc) is 3.09. The lowest BCUT2D eigenvalue weighted by molar-refractivity contribution is -0.128. The Hall–Kier alpha value is -1.45. The molecule has 0 unspecified atom stereocenters. The van der Waals surface area contributed by atoms with Crippen molar-refractivity contribution in [3.05, 3.63) is 16.5 Å². The van der Waals surface area contributed by atoms with Crippen LogP contribution in [-0.2, 0) is 14.6 Å².